The summed E-state index contributed by atoms with van der Waals surface area (Å²) in [7, 11) is 0. The van der Waals surface area contributed by atoms with E-state index in [1.165, 1.54) is 22.6 Å². The molecule has 0 aromatic heterocycles. The van der Waals surface area contributed by atoms with Gasteiger partial charge in [-0.1, -0.05) is 42.5 Å². The van der Waals surface area contributed by atoms with E-state index in [1.807, 2.05) is 6.07 Å². The van der Waals surface area contributed by atoms with Crippen LogP contribution in [0.5, 0.6) is 0 Å². The van der Waals surface area contributed by atoms with Gasteiger partial charge >= 0.3 is 0 Å². The summed E-state index contributed by atoms with van der Waals surface area (Å²) in [4.78, 5) is 15.0. The highest BCUT2D eigenvalue weighted by Crippen LogP contribution is 2.01. The van der Waals surface area contributed by atoms with Gasteiger partial charge in [-0.15, -0.1) is 0 Å². The second-order valence-electron chi connectivity index (χ2n) is 6.74. The molecule has 0 radical (unpaired) electrons. The molecule has 1 saturated heterocycles. The molecule has 1 aliphatic rings. The third kappa shape index (κ3) is 5.66. The first kappa shape index (κ1) is 17.6. The molecular formula is C20H26FN3O+2. The molecule has 1 heterocycles. The lowest BCUT2D eigenvalue weighted by Crippen LogP contribution is -3.28. The van der Waals surface area contributed by atoms with Crippen LogP contribution >= 0.6 is 0 Å². The van der Waals surface area contributed by atoms with Crippen LogP contribution in [0.15, 0.2) is 54.6 Å². The molecule has 1 amide bonds. The molecule has 3 N–H and O–H groups in total. The van der Waals surface area contributed by atoms with Crippen LogP contribution in [0.4, 0.5) is 4.39 Å². The molecule has 1 aliphatic heterocycles. The van der Waals surface area contributed by atoms with E-state index in [1.54, 1.807) is 17.0 Å². The zero-order valence-corrected chi connectivity index (χ0v) is 14.4. The highest BCUT2D eigenvalue weighted by molar-refractivity contribution is 5.76. The molecule has 5 heteroatoms. The fourth-order valence-corrected chi connectivity index (χ4v) is 3.29. The van der Waals surface area contributed by atoms with E-state index in [0.717, 1.165) is 38.3 Å². The maximum absolute atomic E-state index is 12.9. The second-order valence-corrected chi connectivity index (χ2v) is 6.74. The van der Waals surface area contributed by atoms with Crippen LogP contribution in [0.1, 0.15) is 11.1 Å². The molecule has 0 aliphatic carbocycles. The first-order valence-electron chi connectivity index (χ1n) is 8.91. The summed E-state index contributed by atoms with van der Waals surface area (Å²) < 4.78 is 12.9. The van der Waals surface area contributed by atoms with E-state index in [0.29, 0.717) is 13.1 Å². The number of nitrogens with one attached hydrogen (secondary N) is 3. The summed E-state index contributed by atoms with van der Waals surface area (Å²) in [6.45, 7) is 6.26. The molecule has 0 unspecified atom stereocenters. The van der Waals surface area contributed by atoms with E-state index < -0.39 is 0 Å². The summed E-state index contributed by atoms with van der Waals surface area (Å²) in [6.07, 6.45) is 0. The molecule has 25 heavy (non-hydrogen) atoms. The summed E-state index contributed by atoms with van der Waals surface area (Å²) in [5.74, 6) is -0.193. The Morgan fingerprint density at radius 1 is 0.880 bits per heavy atom. The lowest BCUT2D eigenvalue weighted by Gasteiger charge is -2.29. The Hall–Kier alpha value is -2.24. The Labute approximate surface area is 148 Å². The van der Waals surface area contributed by atoms with Crippen LogP contribution in [0.2, 0.25) is 0 Å². The predicted octanol–water partition coefficient (Wildman–Crippen LogP) is -0.574. The Bertz CT molecular complexity index is 667. The highest BCUT2D eigenvalue weighted by Gasteiger charge is 2.24. The van der Waals surface area contributed by atoms with E-state index in [9.17, 15) is 9.18 Å². The molecule has 4 nitrogen and oxygen atoms in total. The number of halogens is 1. The van der Waals surface area contributed by atoms with Crippen molar-refractivity contribution in [3.8, 4) is 0 Å². The van der Waals surface area contributed by atoms with Gasteiger partial charge in [-0.3, -0.25) is 4.79 Å². The van der Waals surface area contributed by atoms with Crippen LogP contribution in [-0.2, 0) is 17.9 Å². The van der Waals surface area contributed by atoms with E-state index in [-0.39, 0.29) is 11.7 Å². The fraction of sp³-hybridized carbons (Fsp3) is 0.350. The van der Waals surface area contributed by atoms with E-state index in [4.69, 9.17) is 0 Å². The van der Waals surface area contributed by atoms with Gasteiger partial charge in [0.2, 0.25) is 0 Å². The zero-order valence-electron chi connectivity index (χ0n) is 14.4. The Balaban J connectivity index is 1.36. The minimum absolute atomic E-state index is 0.0610. The van der Waals surface area contributed by atoms with Gasteiger partial charge in [-0.2, -0.15) is 0 Å². The van der Waals surface area contributed by atoms with Crippen molar-refractivity contribution in [2.24, 2.45) is 0 Å². The van der Waals surface area contributed by atoms with Crippen LogP contribution in [0, 0.1) is 5.82 Å². The number of carbonyl (C=O) groups excluding carboxylic acids is 1. The van der Waals surface area contributed by atoms with Crippen molar-refractivity contribution in [1.29, 1.82) is 0 Å². The van der Waals surface area contributed by atoms with Gasteiger partial charge in [-0.25, -0.2) is 4.39 Å². The fourth-order valence-electron chi connectivity index (χ4n) is 3.29. The molecule has 1 fully saturated rings. The molecule has 0 saturated carbocycles. The first-order valence-corrected chi connectivity index (χ1v) is 8.91. The van der Waals surface area contributed by atoms with E-state index >= 15 is 0 Å². The van der Waals surface area contributed by atoms with Gasteiger partial charge in [0.1, 0.15) is 38.5 Å². The minimum Gasteiger partial charge on any atom is -0.347 e. The lowest BCUT2D eigenvalue weighted by molar-refractivity contribution is -1.02. The monoisotopic (exact) mass is 343 g/mol. The van der Waals surface area contributed by atoms with Crippen LogP contribution in [0.3, 0.4) is 0 Å². The smallest absolute Gasteiger partial charge is 0.275 e. The summed E-state index contributed by atoms with van der Waals surface area (Å²) >= 11 is 0. The van der Waals surface area contributed by atoms with Crippen molar-refractivity contribution >= 4 is 5.91 Å². The topological polar surface area (TPSA) is 38.0 Å². The third-order valence-corrected chi connectivity index (χ3v) is 4.77. The average Bonchev–Trinajstić information content (AvgIpc) is 2.64. The molecule has 3 rings (SSSR count). The van der Waals surface area contributed by atoms with Crippen molar-refractivity contribution in [2.75, 3.05) is 32.7 Å². The maximum Gasteiger partial charge on any atom is 0.275 e. The molecule has 0 spiro atoms. The summed E-state index contributed by atoms with van der Waals surface area (Å²) in [5, 5.41) is 2.93. The van der Waals surface area contributed by atoms with Gasteiger partial charge in [0, 0.05) is 12.1 Å². The van der Waals surface area contributed by atoms with Gasteiger partial charge in [0.15, 0.2) is 6.54 Å². The Kier molecular flexibility index (Phi) is 6.14. The van der Waals surface area contributed by atoms with Crippen molar-refractivity contribution in [2.45, 2.75) is 13.1 Å². The summed E-state index contributed by atoms with van der Waals surface area (Å²) in [5.41, 5.74) is 2.29. The minimum atomic E-state index is -0.254. The van der Waals surface area contributed by atoms with E-state index in [2.05, 4.69) is 29.6 Å². The van der Waals surface area contributed by atoms with Crippen molar-refractivity contribution in [3.63, 3.8) is 0 Å². The normalized spacial score (nSPS) is 20.2. The standard InChI is InChI=1S/C20H24FN3O/c21-19-8-6-17(7-9-19)14-22-20(25)16-24-12-10-23(11-13-24)15-18-4-2-1-3-5-18/h1-9H,10-16H2,(H,22,25)/p+2. The molecule has 2 aromatic carbocycles. The maximum atomic E-state index is 12.9. The average molecular weight is 343 g/mol. The highest BCUT2D eigenvalue weighted by atomic mass is 19.1. The zero-order chi connectivity index (χ0) is 17.5. The van der Waals surface area contributed by atoms with Crippen molar-refractivity contribution in [3.05, 3.63) is 71.5 Å². The first-order chi connectivity index (χ1) is 12.2. The number of hydrogen-bond acceptors (Lipinski definition) is 1. The van der Waals surface area contributed by atoms with Crippen LogP contribution < -0.4 is 15.1 Å². The predicted molar refractivity (Wildman–Crippen MR) is 94.7 cm³/mol. The van der Waals surface area contributed by atoms with Gasteiger partial charge in [0.25, 0.3) is 5.91 Å². The molecule has 0 atom stereocenters. The Morgan fingerprint density at radius 3 is 2.20 bits per heavy atom. The number of benzene rings is 2. The third-order valence-electron chi connectivity index (χ3n) is 4.77. The number of rotatable bonds is 6. The number of carbonyl (C=O) groups is 1. The van der Waals surface area contributed by atoms with Gasteiger partial charge < -0.3 is 15.1 Å². The number of hydrogen-bond donors (Lipinski definition) is 3. The van der Waals surface area contributed by atoms with Gasteiger partial charge in [-0.05, 0) is 17.7 Å². The second kappa shape index (κ2) is 8.74. The van der Waals surface area contributed by atoms with Gasteiger partial charge in [0.05, 0.1) is 0 Å². The SMILES string of the molecule is O=C(C[NH+]1CC[NH+](Cc2ccccc2)CC1)NCc1ccc(F)cc1. The Morgan fingerprint density at radius 2 is 1.52 bits per heavy atom. The van der Waals surface area contributed by atoms with Crippen molar-refractivity contribution < 1.29 is 19.0 Å². The molecule has 132 valence electrons. The molecule has 0 bridgehead atoms. The quantitative estimate of drug-likeness (QED) is 0.646. The number of quaternary nitrogens is 2. The largest absolute Gasteiger partial charge is 0.347 e. The lowest BCUT2D eigenvalue weighted by atomic mass is 10.2. The van der Waals surface area contributed by atoms with Crippen molar-refractivity contribution in [1.82, 2.24) is 5.32 Å². The van der Waals surface area contributed by atoms with Crippen LogP contribution in [0.25, 0.3) is 0 Å². The summed E-state index contributed by atoms with van der Waals surface area (Å²) in [6, 6.07) is 16.8. The molecular weight excluding hydrogens is 317 g/mol. The number of amides is 1. The number of piperazine rings is 1. The van der Waals surface area contributed by atoms with Crippen LogP contribution in [-0.4, -0.2) is 38.6 Å². The molecule has 2 aromatic rings.